The van der Waals surface area contributed by atoms with Crippen LogP contribution in [-0.2, 0) is 28.5 Å². The van der Waals surface area contributed by atoms with Gasteiger partial charge in [-0.3, -0.25) is 19.4 Å². The fourth-order valence-corrected chi connectivity index (χ4v) is 8.17. The van der Waals surface area contributed by atoms with Crippen LogP contribution in [0.1, 0.15) is 92.9 Å². The van der Waals surface area contributed by atoms with E-state index >= 15 is 0 Å². The van der Waals surface area contributed by atoms with Crippen molar-refractivity contribution in [2.24, 2.45) is 35.5 Å². The molecule has 0 N–H and O–H groups in total. The largest absolute Gasteiger partial charge is 0.434 e. The Labute approximate surface area is 241 Å². The first-order valence-corrected chi connectivity index (χ1v) is 16.3. The van der Waals surface area contributed by atoms with Crippen molar-refractivity contribution in [1.82, 2.24) is 9.80 Å². The molecule has 2 aliphatic carbocycles. The highest BCUT2D eigenvalue weighted by Gasteiger charge is 2.47. The molecule has 0 radical (unpaired) electrons. The van der Waals surface area contributed by atoms with Gasteiger partial charge in [0.25, 0.3) is 0 Å². The quantitative estimate of drug-likeness (QED) is 0.389. The van der Waals surface area contributed by atoms with Crippen LogP contribution in [0.5, 0.6) is 0 Å². The number of cyclic esters (lactones) is 2. The fraction of sp³-hybridized carbons (Fsp3) is 0.938. The number of hydrogen-bond acceptors (Lipinski definition) is 8. The van der Waals surface area contributed by atoms with E-state index in [2.05, 4.69) is 51.3 Å². The average Bonchev–Trinajstić information content (AvgIpc) is 3.45. The second-order valence-corrected chi connectivity index (χ2v) is 14.3. The second kappa shape index (κ2) is 13.0. The zero-order valence-corrected chi connectivity index (χ0v) is 25.8. The van der Waals surface area contributed by atoms with Gasteiger partial charge in [0, 0.05) is 26.2 Å². The van der Waals surface area contributed by atoms with E-state index < -0.39 is 12.6 Å². The third-order valence-electron chi connectivity index (χ3n) is 10.7. The average molecular weight is 563 g/mol. The number of carbonyl (C=O) groups excluding carboxylic acids is 2. The van der Waals surface area contributed by atoms with Gasteiger partial charge in [0.15, 0.2) is 0 Å². The van der Waals surface area contributed by atoms with Gasteiger partial charge in [0.05, 0.1) is 37.1 Å². The van der Waals surface area contributed by atoms with Crippen LogP contribution in [0.4, 0.5) is 0 Å². The first kappa shape index (κ1) is 30.2. The van der Waals surface area contributed by atoms with Crippen LogP contribution in [0.2, 0.25) is 0 Å². The molecule has 3 saturated heterocycles. The number of piperazine rings is 1. The standard InChI is InChI=1S/C32H54N2O6/c1-19(2)23-9-7-21(5)15-27(23)37-31-25(17-29(35)39-31)33-11-13-34(14-12-33)26-18-30(36)40-32(26)38-28-16-22(6)8-10-24(28)20(3)4/h19-28,31-32H,7-18H2,1-6H3/t21-,22-,23+,24+,25+,26+,27-,28-,31+,32+/m1/s1. The summed E-state index contributed by atoms with van der Waals surface area (Å²) in [4.78, 5) is 29.7. The van der Waals surface area contributed by atoms with Gasteiger partial charge in [0.1, 0.15) is 0 Å². The summed E-state index contributed by atoms with van der Waals surface area (Å²) in [6.07, 6.45) is 6.96. The molecule has 0 aromatic rings. The van der Waals surface area contributed by atoms with Crippen molar-refractivity contribution in [2.45, 2.75) is 130 Å². The Kier molecular flexibility index (Phi) is 9.80. The summed E-state index contributed by atoms with van der Waals surface area (Å²) >= 11 is 0. The lowest BCUT2D eigenvalue weighted by Gasteiger charge is -2.44. The number of rotatable bonds is 8. The van der Waals surface area contributed by atoms with Crippen molar-refractivity contribution in [3.8, 4) is 0 Å². The molecule has 10 atom stereocenters. The van der Waals surface area contributed by atoms with Crippen LogP contribution in [0.3, 0.4) is 0 Å². The van der Waals surface area contributed by atoms with Gasteiger partial charge in [-0.2, -0.15) is 0 Å². The smallest absolute Gasteiger partial charge is 0.309 e. The molecule has 5 rings (SSSR count). The molecule has 0 bridgehead atoms. The molecule has 40 heavy (non-hydrogen) atoms. The van der Waals surface area contributed by atoms with Gasteiger partial charge >= 0.3 is 11.9 Å². The van der Waals surface area contributed by atoms with E-state index in [1.165, 1.54) is 25.7 Å². The van der Waals surface area contributed by atoms with Gasteiger partial charge < -0.3 is 18.9 Å². The zero-order chi connectivity index (χ0) is 28.6. The molecular formula is C32H54N2O6. The van der Waals surface area contributed by atoms with Crippen LogP contribution in [0.15, 0.2) is 0 Å². The summed E-state index contributed by atoms with van der Waals surface area (Å²) in [5.41, 5.74) is 0. The third kappa shape index (κ3) is 6.87. The van der Waals surface area contributed by atoms with Crippen molar-refractivity contribution in [1.29, 1.82) is 0 Å². The summed E-state index contributed by atoms with van der Waals surface area (Å²) in [6, 6.07) is -0.104. The highest BCUT2D eigenvalue weighted by molar-refractivity contribution is 5.73. The van der Waals surface area contributed by atoms with E-state index in [0.29, 0.717) is 48.3 Å². The Hall–Kier alpha value is -1.22. The Morgan fingerprint density at radius 3 is 1.38 bits per heavy atom. The molecule has 0 aromatic heterocycles. The number of ether oxygens (including phenoxy) is 4. The van der Waals surface area contributed by atoms with Crippen molar-refractivity contribution < 1.29 is 28.5 Å². The van der Waals surface area contributed by atoms with Crippen molar-refractivity contribution >= 4 is 11.9 Å². The van der Waals surface area contributed by atoms with Crippen molar-refractivity contribution in [3.63, 3.8) is 0 Å². The van der Waals surface area contributed by atoms with Gasteiger partial charge in [-0.05, 0) is 61.2 Å². The molecule has 2 saturated carbocycles. The Bertz CT molecular complexity index is 803. The summed E-state index contributed by atoms with van der Waals surface area (Å²) in [5, 5.41) is 0. The zero-order valence-electron chi connectivity index (χ0n) is 25.8. The minimum absolute atomic E-state index is 0.0521. The molecule has 5 fully saturated rings. The lowest BCUT2D eigenvalue weighted by atomic mass is 9.75. The minimum Gasteiger partial charge on any atom is -0.434 e. The second-order valence-electron chi connectivity index (χ2n) is 14.3. The van der Waals surface area contributed by atoms with Crippen LogP contribution < -0.4 is 0 Å². The maximum Gasteiger partial charge on any atom is 0.309 e. The summed E-state index contributed by atoms with van der Waals surface area (Å²) < 4.78 is 24.8. The van der Waals surface area contributed by atoms with Gasteiger partial charge in [-0.15, -0.1) is 0 Å². The van der Waals surface area contributed by atoms with Crippen molar-refractivity contribution in [3.05, 3.63) is 0 Å². The molecule has 5 aliphatic rings. The van der Waals surface area contributed by atoms with Gasteiger partial charge in [-0.1, -0.05) is 54.4 Å². The highest BCUT2D eigenvalue weighted by atomic mass is 16.7. The van der Waals surface area contributed by atoms with Crippen LogP contribution in [0, 0.1) is 35.5 Å². The molecule has 8 nitrogen and oxygen atoms in total. The molecule has 0 amide bonds. The van der Waals surface area contributed by atoms with E-state index in [0.717, 1.165) is 39.0 Å². The predicted molar refractivity (Wildman–Crippen MR) is 152 cm³/mol. The fourth-order valence-electron chi connectivity index (χ4n) is 8.17. The van der Waals surface area contributed by atoms with Gasteiger partial charge in [-0.25, -0.2) is 0 Å². The first-order valence-electron chi connectivity index (χ1n) is 16.3. The highest BCUT2D eigenvalue weighted by Crippen LogP contribution is 2.39. The predicted octanol–water partition coefficient (Wildman–Crippen LogP) is 4.84. The van der Waals surface area contributed by atoms with Crippen molar-refractivity contribution in [2.75, 3.05) is 26.2 Å². The molecule has 8 heteroatoms. The summed E-state index contributed by atoms with van der Waals surface area (Å²) in [5.74, 6) is 3.07. The van der Waals surface area contributed by atoms with E-state index in [9.17, 15) is 9.59 Å². The summed E-state index contributed by atoms with van der Waals surface area (Å²) in [6.45, 7) is 16.9. The number of nitrogens with zero attached hydrogens (tertiary/aromatic N) is 2. The lowest BCUT2D eigenvalue weighted by molar-refractivity contribution is -0.205. The Balaban J connectivity index is 1.19. The number of hydrogen-bond donors (Lipinski definition) is 0. The summed E-state index contributed by atoms with van der Waals surface area (Å²) in [7, 11) is 0. The topological polar surface area (TPSA) is 77.5 Å². The number of carbonyl (C=O) groups is 2. The van der Waals surface area contributed by atoms with E-state index in [1.54, 1.807) is 0 Å². The molecule has 0 unspecified atom stereocenters. The molecule has 3 heterocycles. The van der Waals surface area contributed by atoms with Crippen LogP contribution >= 0.6 is 0 Å². The van der Waals surface area contributed by atoms with Gasteiger partial charge in [0.2, 0.25) is 12.6 Å². The van der Waals surface area contributed by atoms with Crippen LogP contribution in [0.25, 0.3) is 0 Å². The molecular weight excluding hydrogens is 508 g/mol. The maximum absolute atomic E-state index is 12.5. The Morgan fingerprint density at radius 1 is 0.650 bits per heavy atom. The molecule has 3 aliphatic heterocycles. The monoisotopic (exact) mass is 562 g/mol. The lowest BCUT2D eigenvalue weighted by Crippen LogP contribution is -2.57. The van der Waals surface area contributed by atoms with E-state index in [4.69, 9.17) is 18.9 Å². The third-order valence-corrected chi connectivity index (χ3v) is 10.7. The SMILES string of the molecule is CC(C)[C@@H]1CC[C@@H](C)C[C@H]1O[C@H]1OC(=O)C[C@@H]1N1CCN([C@H]2CC(=O)O[C@@H]2O[C@@H]2C[C@H](C)CC[C@H]2C(C)C)CC1. The first-order chi connectivity index (χ1) is 19.1. The minimum atomic E-state index is -0.496. The van der Waals surface area contributed by atoms with E-state index in [1.807, 2.05) is 0 Å². The van der Waals surface area contributed by atoms with Crippen LogP contribution in [-0.4, -0.2) is 84.8 Å². The maximum atomic E-state index is 12.5. The molecule has 228 valence electrons. The Morgan fingerprint density at radius 2 is 1.02 bits per heavy atom. The molecule has 0 spiro atoms. The molecule has 0 aromatic carbocycles. The normalized spacial score (nSPS) is 42.0. The van der Waals surface area contributed by atoms with E-state index in [-0.39, 0.29) is 36.2 Å². The number of esters is 2.